The average molecular weight is 461 g/mol. The van der Waals surface area contributed by atoms with Crippen molar-refractivity contribution in [1.82, 2.24) is 14.9 Å². The molecule has 8 heteroatoms. The molecule has 2 N–H and O–H groups in total. The van der Waals surface area contributed by atoms with Gasteiger partial charge in [-0.05, 0) is 49.2 Å². The molecule has 1 saturated heterocycles. The second-order valence-corrected chi connectivity index (χ2v) is 8.84. The maximum atomic E-state index is 12.7. The molecule has 0 radical (unpaired) electrons. The molecule has 0 saturated carbocycles. The van der Waals surface area contributed by atoms with E-state index in [9.17, 15) is 4.79 Å². The minimum Gasteiger partial charge on any atom is -0.482 e. The van der Waals surface area contributed by atoms with Gasteiger partial charge < -0.3 is 14.4 Å². The number of hydrogen-bond donors (Lipinski definition) is 1. The third kappa shape index (κ3) is 5.09. The van der Waals surface area contributed by atoms with Gasteiger partial charge in [0.2, 0.25) is 0 Å². The Morgan fingerprint density at radius 1 is 1.00 bits per heavy atom. The van der Waals surface area contributed by atoms with Crippen LogP contribution in [0.5, 0.6) is 5.75 Å². The molecule has 1 fully saturated rings. The van der Waals surface area contributed by atoms with E-state index < -0.39 is 0 Å². The zero-order chi connectivity index (χ0) is 23.5. The Labute approximate surface area is 199 Å². The van der Waals surface area contributed by atoms with Crippen molar-refractivity contribution < 1.29 is 19.6 Å². The number of carbonyl (C=O) groups is 1. The normalized spacial score (nSPS) is 16.3. The number of amides is 1. The molecule has 0 aliphatic carbocycles. The van der Waals surface area contributed by atoms with Crippen LogP contribution in [0.2, 0.25) is 0 Å². The number of quaternary nitrogens is 1. The van der Waals surface area contributed by atoms with Gasteiger partial charge in [-0.2, -0.15) is 9.97 Å². The Balaban J connectivity index is 1.38. The molecule has 2 aromatic carbocycles. The molecule has 3 aromatic rings. The molecule has 0 bridgehead atoms. The third-order valence-corrected chi connectivity index (χ3v) is 6.16. The number of anilines is 1. The number of benzene rings is 2. The van der Waals surface area contributed by atoms with E-state index in [-0.39, 0.29) is 12.5 Å². The average Bonchev–Trinajstić information content (AvgIpc) is 2.83. The number of ether oxygens (including phenoxy) is 2. The predicted molar refractivity (Wildman–Crippen MR) is 130 cm³/mol. The van der Waals surface area contributed by atoms with Crippen molar-refractivity contribution in [2.45, 2.75) is 13.8 Å². The number of morpholine rings is 1. The summed E-state index contributed by atoms with van der Waals surface area (Å²) in [5.74, 6) is 1.35. The topological polar surface area (TPSA) is 84.4 Å². The summed E-state index contributed by atoms with van der Waals surface area (Å²) in [5, 5.41) is 1.99. The first-order valence-electron chi connectivity index (χ1n) is 11.7. The van der Waals surface area contributed by atoms with Crippen LogP contribution in [-0.4, -0.2) is 66.8 Å². The van der Waals surface area contributed by atoms with Crippen LogP contribution in [0, 0.1) is 13.8 Å². The van der Waals surface area contributed by atoms with Crippen LogP contribution >= 0.6 is 0 Å². The van der Waals surface area contributed by atoms with Gasteiger partial charge in [-0.25, -0.2) is 5.32 Å². The van der Waals surface area contributed by atoms with Crippen molar-refractivity contribution in [3.8, 4) is 17.0 Å². The number of aryl methyl sites for hydroxylation is 2. The number of aromatic nitrogens is 2. The highest BCUT2D eigenvalue weighted by Crippen LogP contribution is 2.35. The summed E-state index contributed by atoms with van der Waals surface area (Å²) in [6.45, 7) is 8.94. The second kappa shape index (κ2) is 9.89. The van der Waals surface area contributed by atoms with Gasteiger partial charge in [0, 0.05) is 50.1 Å². The zero-order valence-electron chi connectivity index (χ0n) is 19.7. The van der Waals surface area contributed by atoms with Gasteiger partial charge in [0.15, 0.2) is 6.61 Å². The molecule has 5 rings (SSSR count). The lowest BCUT2D eigenvalue weighted by Gasteiger charge is -2.33. The smallest absolute Gasteiger partial charge is 0.331 e. The molecule has 1 aromatic heterocycles. The third-order valence-electron chi connectivity index (χ3n) is 6.16. The summed E-state index contributed by atoms with van der Waals surface area (Å²) in [6.07, 6.45) is 1.77. The van der Waals surface area contributed by atoms with E-state index in [0.29, 0.717) is 12.5 Å². The van der Waals surface area contributed by atoms with Crippen LogP contribution in [0.25, 0.3) is 11.3 Å². The van der Waals surface area contributed by atoms with Crippen LogP contribution in [0.3, 0.4) is 0 Å². The minimum atomic E-state index is -0.0237. The molecule has 8 nitrogen and oxygen atoms in total. The van der Waals surface area contributed by atoms with Gasteiger partial charge in [-0.1, -0.05) is 6.07 Å². The molecular weight excluding hydrogens is 430 g/mol. The quantitative estimate of drug-likeness (QED) is 0.569. The Morgan fingerprint density at radius 2 is 1.79 bits per heavy atom. The number of carbonyl (C=O) groups excluding carboxylic acids is 1. The first-order valence-corrected chi connectivity index (χ1v) is 11.7. The van der Waals surface area contributed by atoms with Crippen molar-refractivity contribution in [1.29, 1.82) is 0 Å². The van der Waals surface area contributed by atoms with Crippen LogP contribution in [0.1, 0.15) is 11.1 Å². The molecule has 2 aliphatic rings. The fourth-order valence-corrected chi connectivity index (χ4v) is 4.52. The van der Waals surface area contributed by atoms with Crippen LogP contribution in [0.4, 0.5) is 17.3 Å². The summed E-state index contributed by atoms with van der Waals surface area (Å²) in [5.41, 5.74) is 6.01. The number of nitrogens with two attached hydrogens (primary N) is 1. The van der Waals surface area contributed by atoms with Gasteiger partial charge in [0.05, 0.1) is 24.6 Å². The largest absolute Gasteiger partial charge is 0.482 e. The molecule has 3 heterocycles. The highest BCUT2D eigenvalue weighted by molar-refractivity contribution is 5.98. The van der Waals surface area contributed by atoms with Crippen molar-refractivity contribution >= 4 is 23.2 Å². The zero-order valence-corrected chi connectivity index (χ0v) is 19.7. The molecule has 34 heavy (non-hydrogen) atoms. The fourth-order valence-electron chi connectivity index (χ4n) is 4.52. The summed E-state index contributed by atoms with van der Waals surface area (Å²) < 4.78 is 11.1. The molecule has 0 unspecified atom stereocenters. The molecule has 0 spiro atoms. The van der Waals surface area contributed by atoms with Crippen LogP contribution in [-0.2, 0) is 9.53 Å². The molecule has 2 aliphatic heterocycles. The Bertz CT molecular complexity index is 1170. The highest BCUT2D eigenvalue weighted by Gasteiger charge is 2.27. The van der Waals surface area contributed by atoms with Crippen molar-refractivity contribution in [2.75, 3.05) is 50.9 Å². The van der Waals surface area contributed by atoms with E-state index in [0.717, 1.165) is 61.2 Å². The first kappa shape index (κ1) is 22.5. The lowest BCUT2D eigenvalue weighted by atomic mass is 10.1. The van der Waals surface area contributed by atoms with E-state index in [4.69, 9.17) is 14.5 Å². The van der Waals surface area contributed by atoms with Crippen molar-refractivity contribution in [2.24, 2.45) is 0 Å². The molecule has 1 amide bonds. The van der Waals surface area contributed by atoms with Gasteiger partial charge in [-0.3, -0.25) is 9.69 Å². The first-order chi connectivity index (χ1) is 16.5. The number of fused-ring (bicyclic) bond motifs is 1. The lowest BCUT2D eigenvalue weighted by Crippen LogP contribution is -2.72. The van der Waals surface area contributed by atoms with E-state index in [2.05, 4.69) is 41.9 Å². The SMILES string of the molecule is Cc1cc(C)cc([NH2+]c2nccc(-c3ccc4c(c3)N(CCN3CCOCC3)C(=O)CO4)n2)c1. The van der Waals surface area contributed by atoms with Gasteiger partial charge >= 0.3 is 5.95 Å². The highest BCUT2D eigenvalue weighted by atomic mass is 16.5. The fraction of sp³-hybridized carbons (Fsp3) is 0.346. The maximum Gasteiger partial charge on any atom is 0.331 e. The number of rotatable bonds is 6. The van der Waals surface area contributed by atoms with Crippen molar-refractivity contribution in [3.05, 3.63) is 59.8 Å². The standard InChI is InChI=1S/C26H29N5O3/c1-18-13-19(2)15-21(14-18)28-26-27-6-5-22(29-26)20-3-4-24-23(16-20)31(25(32)17-34-24)8-7-30-9-11-33-12-10-30/h3-6,13-16H,7-12,17H2,1-2H3,(H,27,28,29)/p+1. The Morgan fingerprint density at radius 3 is 2.59 bits per heavy atom. The Hall–Kier alpha value is -3.33. The van der Waals surface area contributed by atoms with E-state index in [1.807, 2.05) is 34.5 Å². The van der Waals surface area contributed by atoms with E-state index in [1.54, 1.807) is 6.20 Å². The van der Waals surface area contributed by atoms with Gasteiger partial charge in [-0.15, -0.1) is 0 Å². The monoisotopic (exact) mass is 460 g/mol. The summed E-state index contributed by atoms with van der Waals surface area (Å²) in [6, 6.07) is 14.2. The van der Waals surface area contributed by atoms with E-state index in [1.165, 1.54) is 11.1 Å². The predicted octanol–water partition coefficient (Wildman–Crippen LogP) is 2.34. The van der Waals surface area contributed by atoms with E-state index >= 15 is 0 Å². The second-order valence-electron chi connectivity index (χ2n) is 8.84. The lowest BCUT2D eigenvalue weighted by molar-refractivity contribution is -0.487. The summed E-state index contributed by atoms with van der Waals surface area (Å²) in [4.78, 5) is 26.1. The molecular formula is C26H30N5O3+. The maximum absolute atomic E-state index is 12.7. The van der Waals surface area contributed by atoms with Crippen molar-refractivity contribution in [3.63, 3.8) is 0 Å². The van der Waals surface area contributed by atoms with Gasteiger partial charge in [0.1, 0.15) is 11.4 Å². The molecule has 0 atom stereocenters. The minimum absolute atomic E-state index is 0.0237. The Kier molecular flexibility index (Phi) is 6.53. The van der Waals surface area contributed by atoms with Gasteiger partial charge in [0.25, 0.3) is 5.91 Å². The number of nitrogens with zero attached hydrogens (tertiary/aromatic N) is 4. The van der Waals surface area contributed by atoms with Crippen LogP contribution in [0.15, 0.2) is 48.7 Å². The number of hydrogen-bond acceptors (Lipinski definition) is 6. The molecule has 176 valence electrons. The van der Waals surface area contributed by atoms with Crippen LogP contribution < -0.4 is 15.0 Å². The summed E-state index contributed by atoms with van der Waals surface area (Å²) in [7, 11) is 0. The summed E-state index contributed by atoms with van der Waals surface area (Å²) >= 11 is 0.